The van der Waals surface area contributed by atoms with Crippen molar-refractivity contribution in [1.29, 1.82) is 0 Å². The van der Waals surface area contributed by atoms with Gasteiger partial charge in [0.1, 0.15) is 0 Å². The molecule has 0 amide bonds. The van der Waals surface area contributed by atoms with Gasteiger partial charge in [0.05, 0.1) is 0 Å². The van der Waals surface area contributed by atoms with Crippen molar-refractivity contribution < 1.29 is 0 Å². The van der Waals surface area contributed by atoms with E-state index < -0.39 is 0 Å². The van der Waals surface area contributed by atoms with Gasteiger partial charge in [-0.25, -0.2) is 0 Å². The number of hydrogen-bond donors (Lipinski definition) is 1. The van der Waals surface area contributed by atoms with Crippen LogP contribution in [0.1, 0.15) is 47.5 Å². The van der Waals surface area contributed by atoms with Crippen LogP contribution in [0, 0.1) is 16.7 Å². The molecule has 0 aliphatic heterocycles. The lowest BCUT2D eigenvalue weighted by Crippen LogP contribution is -2.42. The Bertz CT molecular complexity index is 227. The predicted octanol–water partition coefficient (Wildman–Crippen LogP) is 2.73. The fraction of sp³-hybridized carbons (Fsp3) is 1.00. The van der Waals surface area contributed by atoms with Crippen LogP contribution in [0.5, 0.6) is 0 Å². The SMILES string of the molecule is CN(CC1CCC(C)(C)C1N)CC(C)(C)C. The van der Waals surface area contributed by atoms with E-state index in [9.17, 15) is 0 Å². The van der Waals surface area contributed by atoms with Crippen molar-refractivity contribution in [1.82, 2.24) is 4.90 Å². The van der Waals surface area contributed by atoms with Crippen LogP contribution in [0.4, 0.5) is 0 Å². The molecule has 96 valence electrons. The molecule has 1 aliphatic rings. The Hall–Kier alpha value is -0.0800. The zero-order chi connectivity index (χ0) is 12.6. The smallest absolute Gasteiger partial charge is 0.0131 e. The van der Waals surface area contributed by atoms with Crippen molar-refractivity contribution in [3.63, 3.8) is 0 Å². The molecule has 1 fully saturated rings. The van der Waals surface area contributed by atoms with E-state index in [4.69, 9.17) is 5.73 Å². The predicted molar refractivity (Wildman–Crippen MR) is 71.4 cm³/mol. The minimum atomic E-state index is 0.341. The minimum Gasteiger partial charge on any atom is -0.327 e. The topological polar surface area (TPSA) is 29.3 Å². The van der Waals surface area contributed by atoms with Gasteiger partial charge in [0, 0.05) is 19.1 Å². The van der Waals surface area contributed by atoms with E-state index in [1.54, 1.807) is 0 Å². The second-order valence-corrected chi connectivity index (χ2v) is 7.57. The second kappa shape index (κ2) is 4.66. The highest BCUT2D eigenvalue weighted by Gasteiger charge is 2.39. The Labute approximate surface area is 102 Å². The number of hydrogen-bond acceptors (Lipinski definition) is 2. The van der Waals surface area contributed by atoms with Gasteiger partial charge in [-0.1, -0.05) is 34.6 Å². The Morgan fingerprint density at radius 3 is 2.25 bits per heavy atom. The van der Waals surface area contributed by atoms with Crippen LogP contribution in [0.3, 0.4) is 0 Å². The van der Waals surface area contributed by atoms with E-state index in [1.165, 1.54) is 12.8 Å². The molecule has 1 aliphatic carbocycles. The Morgan fingerprint density at radius 1 is 1.31 bits per heavy atom. The number of nitrogens with two attached hydrogens (primary N) is 1. The van der Waals surface area contributed by atoms with Crippen LogP contribution >= 0.6 is 0 Å². The number of nitrogens with zero attached hydrogens (tertiary/aromatic N) is 1. The van der Waals surface area contributed by atoms with Crippen LogP contribution in [0.2, 0.25) is 0 Å². The zero-order valence-electron chi connectivity index (χ0n) is 12.0. The Kier molecular flexibility index (Phi) is 4.07. The molecule has 0 aromatic carbocycles. The van der Waals surface area contributed by atoms with Gasteiger partial charge in [-0.3, -0.25) is 0 Å². The molecule has 2 atom stereocenters. The summed E-state index contributed by atoms with van der Waals surface area (Å²) in [5.74, 6) is 0.683. The summed E-state index contributed by atoms with van der Waals surface area (Å²) >= 11 is 0. The highest BCUT2D eigenvalue weighted by atomic mass is 15.1. The quantitative estimate of drug-likeness (QED) is 0.802. The maximum atomic E-state index is 6.34. The summed E-state index contributed by atoms with van der Waals surface area (Å²) < 4.78 is 0. The van der Waals surface area contributed by atoms with Gasteiger partial charge in [-0.2, -0.15) is 0 Å². The molecule has 2 heteroatoms. The van der Waals surface area contributed by atoms with Crippen molar-refractivity contribution in [3.05, 3.63) is 0 Å². The van der Waals surface area contributed by atoms with Gasteiger partial charge >= 0.3 is 0 Å². The molecule has 1 rings (SSSR count). The highest BCUT2D eigenvalue weighted by Crippen LogP contribution is 2.40. The van der Waals surface area contributed by atoms with E-state index in [0.29, 0.717) is 22.8 Å². The largest absolute Gasteiger partial charge is 0.327 e. The van der Waals surface area contributed by atoms with Crippen molar-refractivity contribution in [2.75, 3.05) is 20.1 Å². The summed E-state index contributed by atoms with van der Waals surface area (Å²) in [7, 11) is 2.23. The first kappa shape index (κ1) is 14.0. The zero-order valence-corrected chi connectivity index (χ0v) is 12.0. The van der Waals surface area contributed by atoms with Gasteiger partial charge in [0.25, 0.3) is 0 Å². The average molecular weight is 226 g/mol. The Balaban J connectivity index is 2.44. The molecular weight excluding hydrogens is 196 g/mol. The summed E-state index contributed by atoms with van der Waals surface area (Å²) in [4.78, 5) is 2.45. The maximum absolute atomic E-state index is 6.34. The third kappa shape index (κ3) is 3.74. The van der Waals surface area contributed by atoms with E-state index in [1.807, 2.05) is 0 Å². The van der Waals surface area contributed by atoms with Crippen molar-refractivity contribution in [2.45, 2.75) is 53.5 Å². The van der Waals surface area contributed by atoms with Crippen LogP contribution in [0.25, 0.3) is 0 Å². The van der Waals surface area contributed by atoms with Crippen molar-refractivity contribution in [2.24, 2.45) is 22.5 Å². The molecule has 0 bridgehead atoms. The summed E-state index contributed by atoms with van der Waals surface area (Å²) in [6.07, 6.45) is 2.57. The van der Waals surface area contributed by atoms with Crippen LogP contribution < -0.4 is 5.73 Å². The summed E-state index contributed by atoms with van der Waals surface area (Å²) in [6, 6.07) is 0.370. The molecule has 0 aromatic rings. The molecule has 0 saturated heterocycles. The Morgan fingerprint density at radius 2 is 1.88 bits per heavy atom. The summed E-state index contributed by atoms with van der Waals surface area (Å²) in [6.45, 7) is 13.8. The number of rotatable bonds is 3. The molecule has 0 aromatic heterocycles. The first-order valence-corrected chi connectivity index (χ1v) is 6.56. The van der Waals surface area contributed by atoms with Crippen molar-refractivity contribution in [3.8, 4) is 0 Å². The lowest BCUT2D eigenvalue weighted by Gasteiger charge is -2.32. The fourth-order valence-corrected chi connectivity index (χ4v) is 3.02. The van der Waals surface area contributed by atoms with Gasteiger partial charge in [-0.05, 0) is 36.6 Å². The van der Waals surface area contributed by atoms with E-state index in [-0.39, 0.29) is 0 Å². The van der Waals surface area contributed by atoms with E-state index >= 15 is 0 Å². The molecule has 0 heterocycles. The molecule has 2 nitrogen and oxygen atoms in total. The third-order valence-electron chi connectivity index (χ3n) is 3.86. The van der Waals surface area contributed by atoms with E-state index in [0.717, 1.165) is 13.1 Å². The molecule has 2 unspecified atom stereocenters. The molecular formula is C14H30N2. The molecule has 0 spiro atoms. The van der Waals surface area contributed by atoms with Crippen LogP contribution in [0.15, 0.2) is 0 Å². The van der Waals surface area contributed by atoms with Gasteiger partial charge in [0.2, 0.25) is 0 Å². The minimum absolute atomic E-state index is 0.341. The lowest BCUT2D eigenvalue weighted by atomic mass is 9.85. The van der Waals surface area contributed by atoms with E-state index in [2.05, 4.69) is 46.6 Å². The van der Waals surface area contributed by atoms with Crippen LogP contribution in [-0.2, 0) is 0 Å². The molecule has 1 saturated carbocycles. The monoisotopic (exact) mass is 226 g/mol. The summed E-state index contributed by atoms with van der Waals surface area (Å²) in [5, 5.41) is 0. The van der Waals surface area contributed by atoms with Crippen LogP contribution in [-0.4, -0.2) is 31.1 Å². The molecule has 2 N–H and O–H groups in total. The summed E-state index contributed by atoms with van der Waals surface area (Å²) in [5.41, 5.74) is 7.06. The van der Waals surface area contributed by atoms with Gasteiger partial charge < -0.3 is 10.6 Å². The molecule has 16 heavy (non-hydrogen) atoms. The first-order valence-electron chi connectivity index (χ1n) is 6.56. The standard InChI is InChI=1S/C14H30N2/c1-13(2,3)10-16(6)9-11-7-8-14(4,5)12(11)15/h11-12H,7-10,15H2,1-6H3. The fourth-order valence-electron chi connectivity index (χ4n) is 3.02. The van der Waals surface area contributed by atoms with Crippen molar-refractivity contribution >= 4 is 0 Å². The normalized spacial score (nSPS) is 30.0. The van der Waals surface area contributed by atoms with Gasteiger partial charge in [0.15, 0.2) is 0 Å². The third-order valence-corrected chi connectivity index (χ3v) is 3.86. The lowest BCUT2D eigenvalue weighted by molar-refractivity contribution is 0.184. The highest BCUT2D eigenvalue weighted by molar-refractivity contribution is 4.95. The van der Waals surface area contributed by atoms with Gasteiger partial charge in [-0.15, -0.1) is 0 Å². The second-order valence-electron chi connectivity index (χ2n) is 7.57. The average Bonchev–Trinajstić information content (AvgIpc) is 2.28. The molecule has 0 radical (unpaired) electrons. The first-order chi connectivity index (χ1) is 7.12. The maximum Gasteiger partial charge on any atom is 0.0131 e.